The third kappa shape index (κ3) is 5.04. The lowest BCUT2D eigenvalue weighted by Gasteiger charge is -2.27. The molecule has 4 heteroatoms. The third-order valence-corrected chi connectivity index (χ3v) is 5.62. The van der Waals surface area contributed by atoms with Gasteiger partial charge in [0.1, 0.15) is 0 Å². The zero-order valence-electron chi connectivity index (χ0n) is 14.2. The highest BCUT2D eigenvalue weighted by atomic mass is 31.2. The maximum absolute atomic E-state index is 5.99. The lowest BCUT2D eigenvalue weighted by Crippen LogP contribution is -2.08. The lowest BCUT2D eigenvalue weighted by molar-refractivity contribution is 0.262. The van der Waals surface area contributed by atoms with Crippen molar-refractivity contribution in [3.8, 4) is 0 Å². The van der Waals surface area contributed by atoms with Crippen LogP contribution in [0.3, 0.4) is 0 Å². The number of anilines is 1. The highest BCUT2D eigenvalue weighted by Crippen LogP contribution is 2.55. The molecule has 0 fully saturated rings. The summed E-state index contributed by atoms with van der Waals surface area (Å²) in [6, 6.07) is 19.0. The molecule has 2 aromatic rings. The molecule has 0 saturated heterocycles. The van der Waals surface area contributed by atoms with E-state index in [1.165, 1.54) is 11.1 Å². The van der Waals surface area contributed by atoms with Crippen LogP contribution in [-0.4, -0.2) is 20.3 Å². The van der Waals surface area contributed by atoms with Gasteiger partial charge in [0.25, 0.3) is 0 Å². The van der Waals surface area contributed by atoms with Crippen molar-refractivity contribution in [1.82, 2.24) is 0 Å². The van der Waals surface area contributed by atoms with E-state index in [2.05, 4.69) is 53.8 Å². The predicted molar refractivity (Wildman–Crippen MR) is 99.0 cm³/mol. The predicted octanol–water partition coefficient (Wildman–Crippen LogP) is 5.40. The molecule has 0 radical (unpaired) electrons. The van der Waals surface area contributed by atoms with Gasteiger partial charge in [0, 0.05) is 12.7 Å². The van der Waals surface area contributed by atoms with Crippen LogP contribution in [0.25, 0.3) is 0 Å². The first-order valence-corrected chi connectivity index (χ1v) is 9.40. The standard InChI is InChI=1S/C19H26NO2P/c1-4-21-23(22-5-2)19(15-16-11-7-6-8-12-16)17-13-9-10-14-18(17)20-3/h6-14,19-20H,4-5,15H2,1-3H3. The first kappa shape index (κ1) is 17.9. The van der Waals surface area contributed by atoms with Gasteiger partial charge in [-0.1, -0.05) is 48.5 Å². The molecule has 1 atom stereocenters. The van der Waals surface area contributed by atoms with Gasteiger partial charge in [0.2, 0.25) is 0 Å². The molecule has 1 unspecified atom stereocenters. The Morgan fingerprint density at radius 1 is 0.913 bits per heavy atom. The van der Waals surface area contributed by atoms with Crippen molar-refractivity contribution in [3.05, 3.63) is 65.7 Å². The first-order valence-electron chi connectivity index (χ1n) is 8.15. The normalized spacial score (nSPS) is 12.3. The second kappa shape index (κ2) is 9.67. The van der Waals surface area contributed by atoms with Gasteiger partial charge in [0.05, 0.1) is 18.9 Å². The van der Waals surface area contributed by atoms with Crippen LogP contribution in [0.1, 0.15) is 30.6 Å². The van der Waals surface area contributed by atoms with Crippen molar-refractivity contribution in [2.24, 2.45) is 0 Å². The van der Waals surface area contributed by atoms with Gasteiger partial charge in [-0.25, -0.2) is 0 Å². The van der Waals surface area contributed by atoms with E-state index in [0.29, 0.717) is 13.2 Å². The Labute approximate surface area is 140 Å². The molecule has 0 spiro atoms. The number of hydrogen-bond donors (Lipinski definition) is 1. The second-order valence-electron chi connectivity index (χ2n) is 5.16. The van der Waals surface area contributed by atoms with Gasteiger partial charge in [-0.15, -0.1) is 0 Å². The van der Waals surface area contributed by atoms with Gasteiger partial charge >= 0.3 is 0 Å². The van der Waals surface area contributed by atoms with Gasteiger partial charge in [-0.05, 0) is 37.5 Å². The van der Waals surface area contributed by atoms with Crippen molar-refractivity contribution in [2.75, 3.05) is 25.6 Å². The van der Waals surface area contributed by atoms with Crippen molar-refractivity contribution in [2.45, 2.75) is 25.9 Å². The Balaban J connectivity index is 2.36. The monoisotopic (exact) mass is 331 g/mol. The van der Waals surface area contributed by atoms with E-state index in [0.717, 1.165) is 12.1 Å². The number of nitrogens with one attached hydrogen (secondary N) is 1. The summed E-state index contributed by atoms with van der Waals surface area (Å²) in [4.78, 5) is 0. The van der Waals surface area contributed by atoms with E-state index < -0.39 is 8.38 Å². The summed E-state index contributed by atoms with van der Waals surface area (Å²) < 4.78 is 12.0. The highest BCUT2D eigenvalue weighted by Gasteiger charge is 2.27. The fourth-order valence-electron chi connectivity index (χ4n) is 2.62. The number of hydrogen-bond acceptors (Lipinski definition) is 3. The maximum Gasteiger partial charge on any atom is 0.178 e. The molecule has 0 amide bonds. The molecule has 0 aliphatic heterocycles. The zero-order chi connectivity index (χ0) is 16.5. The summed E-state index contributed by atoms with van der Waals surface area (Å²) >= 11 is 0. The summed E-state index contributed by atoms with van der Waals surface area (Å²) in [5.74, 6) is 0. The van der Waals surface area contributed by atoms with Gasteiger partial charge < -0.3 is 14.4 Å². The molecule has 2 rings (SSSR count). The smallest absolute Gasteiger partial charge is 0.178 e. The average Bonchev–Trinajstić information content (AvgIpc) is 2.60. The van der Waals surface area contributed by atoms with Crippen LogP contribution in [0.4, 0.5) is 5.69 Å². The van der Waals surface area contributed by atoms with Crippen LogP contribution in [0.15, 0.2) is 54.6 Å². The Hall–Kier alpha value is -1.41. The summed E-state index contributed by atoms with van der Waals surface area (Å²) in [6.07, 6.45) is 0.908. The molecule has 0 heterocycles. The van der Waals surface area contributed by atoms with E-state index in [1.807, 2.05) is 27.0 Å². The second-order valence-corrected chi connectivity index (χ2v) is 6.87. The lowest BCUT2D eigenvalue weighted by atomic mass is 10.0. The van der Waals surface area contributed by atoms with Crippen molar-refractivity contribution < 1.29 is 9.05 Å². The molecule has 2 aromatic carbocycles. The molecule has 23 heavy (non-hydrogen) atoms. The van der Waals surface area contributed by atoms with Crippen LogP contribution >= 0.6 is 8.38 Å². The van der Waals surface area contributed by atoms with Gasteiger partial charge in [-0.3, -0.25) is 0 Å². The number of benzene rings is 2. The summed E-state index contributed by atoms with van der Waals surface area (Å²) in [5, 5.41) is 3.30. The van der Waals surface area contributed by atoms with Gasteiger partial charge in [0.15, 0.2) is 8.38 Å². The SMILES string of the molecule is CCOP(OCC)C(Cc1ccccc1)c1ccccc1NC. The molecular formula is C19H26NO2P. The Kier molecular flexibility index (Phi) is 7.54. The molecule has 124 valence electrons. The minimum atomic E-state index is -0.986. The Morgan fingerprint density at radius 3 is 2.13 bits per heavy atom. The third-order valence-electron chi connectivity index (χ3n) is 3.63. The Morgan fingerprint density at radius 2 is 1.52 bits per heavy atom. The Bertz CT molecular complexity index is 571. The zero-order valence-corrected chi connectivity index (χ0v) is 15.1. The molecule has 0 aromatic heterocycles. The molecule has 0 aliphatic carbocycles. The summed E-state index contributed by atoms with van der Waals surface area (Å²) in [6.45, 7) is 5.38. The van der Waals surface area contributed by atoms with E-state index >= 15 is 0 Å². The molecular weight excluding hydrogens is 305 g/mol. The molecule has 0 bridgehead atoms. The maximum atomic E-state index is 5.99. The van der Waals surface area contributed by atoms with Crippen LogP contribution in [0.2, 0.25) is 0 Å². The minimum Gasteiger partial charge on any atom is -0.388 e. The van der Waals surface area contributed by atoms with E-state index in [9.17, 15) is 0 Å². The van der Waals surface area contributed by atoms with E-state index in [1.54, 1.807) is 0 Å². The molecule has 0 aliphatic rings. The van der Waals surface area contributed by atoms with Crippen LogP contribution in [0.5, 0.6) is 0 Å². The fraction of sp³-hybridized carbons (Fsp3) is 0.368. The van der Waals surface area contributed by atoms with Crippen molar-refractivity contribution in [1.29, 1.82) is 0 Å². The van der Waals surface area contributed by atoms with Crippen LogP contribution < -0.4 is 5.32 Å². The topological polar surface area (TPSA) is 30.5 Å². The first-order chi connectivity index (χ1) is 11.3. The van der Waals surface area contributed by atoms with Crippen LogP contribution in [-0.2, 0) is 15.5 Å². The highest BCUT2D eigenvalue weighted by molar-refractivity contribution is 7.47. The summed E-state index contributed by atoms with van der Waals surface area (Å²) in [7, 11) is 0.974. The summed E-state index contributed by atoms with van der Waals surface area (Å²) in [5.41, 5.74) is 3.90. The number of rotatable bonds is 9. The van der Waals surface area contributed by atoms with Crippen molar-refractivity contribution in [3.63, 3.8) is 0 Å². The largest absolute Gasteiger partial charge is 0.388 e. The van der Waals surface area contributed by atoms with Crippen LogP contribution in [0, 0.1) is 0 Å². The van der Waals surface area contributed by atoms with E-state index in [4.69, 9.17) is 9.05 Å². The quantitative estimate of drug-likeness (QED) is 0.624. The average molecular weight is 331 g/mol. The van der Waals surface area contributed by atoms with Crippen molar-refractivity contribution >= 4 is 14.1 Å². The minimum absolute atomic E-state index is 0.205. The molecule has 3 nitrogen and oxygen atoms in total. The van der Waals surface area contributed by atoms with E-state index in [-0.39, 0.29) is 5.66 Å². The fourth-order valence-corrected chi connectivity index (χ4v) is 4.38. The molecule has 1 N–H and O–H groups in total. The number of para-hydroxylation sites is 1. The molecule has 0 saturated carbocycles. The van der Waals surface area contributed by atoms with Gasteiger partial charge in [-0.2, -0.15) is 0 Å².